The molecule has 0 atom stereocenters. The van der Waals surface area contributed by atoms with Crippen molar-refractivity contribution in [1.82, 2.24) is 0 Å². The molecule has 1 aromatic rings. The molecular weight excluding hydrogens is 210 g/mol. The lowest BCUT2D eigenvalue weighted by Gasteiger charge is -2.05. The van der Waals surface area contributed by atoms with Gasteiger partial charge in [0.2, 0.25) is 5.90 Å². The Labute approximate surface area is 96.0 Å². The van der Waals surface area contributed by atoms with E-state index in [1.165, 1.54) is 5.56 Å². The quantitative estimate of drug-likeness (QED) is 0.554. The second kappa shape index (κ2) is 7.30. The van der Waals surface area contributed by atoms with Gasteiger partial charge in [-0.15, -0.1) is 4.51 Å². The molecular formula is C12H16ClNO. The van der Waals surface area contributed by atoms with Gasteiger partial charge < -0.3 is 4.74 Å². The zero-order chi connectivity index (χ0) is 10.9. The van der Waals surface area contributed by atoms with E-state index in [2.05, 4.69) is 28.8 Å². The lowest BCUT2D eigenvalue weighted by atomic mass is 10.1. The van der Waals surface area contributed by atoms with Crippen LogP contribution < -0.4 is 0 Å². The first-order valence-corrected chi connectivity index (χ1v) is 5.55. The van der Waals surface area contributed by atoms with Crippen LogP contribution in [0.3, 0.4) is 0 Å². The summed E-state index contributed by atoms with van der Waals surface area (Å²) in [7, 11) is 0. The molecule has 2 nitrogen and oxygen atoms in total. The van der Waals surface area contributed by atoms with Crippen LogP contribution in [0.4, 0.5) is 0 Å². The fourth-order valence-corrected chi connectivity index (χ4v) is 1.53. The smallest absolute Gasteiger partial charge is 0.200 e. The summed E-state index contributed by atoms with van der Waals surface area (Å²) in [4.78, 5) is 0. The van der Waals surface area contributed by atoms with Gasteiger partial charge in [-0.25, -0.2) is 0 Å². The minimum absolute atomic E-state index is 0.622. The Morgan fingerprint density at radius 1 is 1.33 bits per heavy atom. The van der Waals surface area contributed by atoms with Gasteiger partial charge in [-0.3, -0.25) is 0 Å². The molecule has 0 saturated carbocycles. The van der Waals surface area contributed by atoms with Gasteiger partial charge in [-0.2, -0.15) is 0 Å². The predicted molar refractivity (Wildman–Crippen MR) is 64.3 cm³/mol. The van der Waals surface area contributed by atoms with Gasteiger partial charge in [0.1, 0.15) is 0 Å². The Bertz CT molecular complexity index is 298. The fraction of sp³-hybridized carbons (Fsp3) is 0.417. The average molecular weight is 226 g/mol. The number of hydrogen-bond acceptors (Lipinski definition) is 2. The molecule has 0 spiro atoms. The summed E-state index contributed by atoms with van der Waals surface area (Å²) >= 11 is 5.39. The van der Waals surface area contributed by atoms with Crippen LogP contribution in [0.2, 0.25) is 0 Å². The number of benzene rings is 1. The summed E-state index contributed by atoms with van der Waals surface area (Å²) in [5.74, 6) is 0.634. The van der Waals surface area contributed by atoms with E-state index >= 15 is 0 Å². The number of halogens is 1. The van der Waals surface area contributed by atoms with Crippen molar-refractivity contribution >= 4 is 17.7 Å². The van der Waals surface area contributed by atoms with Gasteiger partial charge in [0.15, 0.2) is 0 Å². The Morgan fingerprint density at radius 3 is 2.67 bits per heavy atom. The molecule has 15 heavy (non-hydrogen) atoms. The molecule has 0 unspecified atom stereocenters. The number of ether oxygens (including phenoxy) is 1. The maximum atomic E-state index is 5.39. The van der Waals surface area contributed by atoms with Gasteiger partial charge in [0, 0.05) is 18.2 Å². The molecule has 0 N–H and O–H groups in total. The summed E-state index contributed by atoms with van der Waals surface area (Å²) in [6.45, 7) is 2.55. The van der Waals surface area contributed by atoms with Crippen molar-refractivity contribution in [3.8, 4) is 0 Å². The third kappa shape index (κ3) is 4.84. The highest BCUT2D eigenvalue weighted by Gasteiger charge is 1.99. The van der Waals surface area contributed by atoms with Crippen LogP contribution in [0.5, 0.6) is 0 Å². The van der Waals surface area contributed by atoms with Crippen LogP contribution in [0.15, 0.2) is 34.8 Å². The van der Waals surface area contributed by atoms with Crippen molar-refractivity contribution in [3.05, 3.63) is 35.9 Å². The normalized spacial score (nSPS) is 11.5. The van der Waals surface area contributed by atoms with E-state index in [-0.39, 0.29) is 0 Å². The Morgan fingerprint density at radius 2 is 2.07 bits per heavy atom. The van der Waals surface area contributed by atoms with Gasteiger partial charge >= 0.3 is 0 Å². The summed E-state index contributed by atoms with van der Waals surface area (Å²) in [5, 5.41) is 0. The topological polar surface area (TPSA) is 21.6 Å². The second-order valence-electron chi connectivity index (χ2n) is 3.25. The van der Waals surface area contributed by atoms with Crippen LogP contribution >= 0.6 is 11.8 Å². The van der Waals surface area contributed by atoms with Gasteiger partial charge in [0.05, 0.1) is 6.61 Å². The molecule has 0 aliphatic carbocycles. The van der Waals surface area contributed by atoms with Crippen LogP contribution in [0.1, 0.15) is 25.3 Å². The molecule has 3 heteroatoms. The minimum Gasteiger partial charge on any atom is -0.480 e. The largest absolute Gasteiger partial charge is 0.480 e. The third-order valence-electron chi connectivity index (χ3n) is 2.10. The van der Waals surface area contributed by atoms with E-state index in [1.54, 1.807) is 0 Å². The first kappa shape index (κ1) is 12.1. The Kier molecular flexibility index (Phi) is 5.86. The highest BCUT2D eigenvalue weighted by molar-refractivity contribution is 6.19. The number of aryl methyl sites for hydroxylation is 1. The molecule has 1 aromatic carbocycles. The predicted octanol–water partition coefficient (Wildman–Crippen LogP) is 3.60. The van der Waals surface area contributed by atoms with Crippen molar-refractivity contribution in [3.63, 3.8) is 0 Å². The molecule has 0 aromatic heterocycles. The van der Waals surface area contributed by atoms with Crippen LogP contribution in [-0.2, 0) is 11.2 Å². The molecule has 0 bridgehead atoms. The summed E-state index contributed by atoms with van der Waals surface area (Å²) in [6, 6.07) is 10.4. The van der Waals surface area contributed by atoms with Crippen LogP contribution in [0, 0.1) is 0 Å². The zero-order valence-corrected chi connectivity index (χ0v) is 9.70. The molecule has 0 saturated heterocycles. The van der Waals surface area contributed by atoms with E-state index in [9.17, 15) is 0 Å². The molecule has 82 valence electrons. The van der Waals surface area contributed by atoms with E-state index in [0.717, 1.165) is 19.3 Å². The SMILES string of the molecule is CCO/C(CCCc1ccccc1)=N/Cl. The van der Waals surface area contributed by atoms with Crippen molar-refractivity contribution < 1.29 is 4.74 Å². The van der Waals surface area contributed by atoms with Crippen molar-refractivity contribution in [2.24, 2.45) is 4.51 Å². The summed E-state index contributed by atoms with van der Waals surface area (Å²) in [5.41, 5.74) is 1.34. The first-order valence-electron chi connectivity index (χ1n) is 5.21. The Hall–Kier alpha value is -1.02. The first-order chi connectivity index (χ1) is 7.36. The molecule has 0 fully saturated rings. The number of hydrogen-bond donors (Lipinski definition) is 0. The van der Waals surface area contributed by atoms with E-state index < -0.39 is 0 Å². The van der Waals surface area contributed by atoms with Gasteiger partial charge in [-0.1, -0.05) is 30.3 Å². The van der Waals surface area contributed by atoms with Gasteiger partial charge in [-0.05, 0) is 25.3 Å². The lowest BCUT2D eigenvalue weighted by Crippen LogP contribution is -2.04. The molecule has 0 aliphatic heterocycles. The molecule has 0 amide bonds. The highest BCUT2D eigenvalue weighted by Crippen LogP contribution is 2.06. The minimum atomic E-state index is 0.622. The maximum Gasteiger partial charge on any atom is 0.200 e. The second-order valence-corrected chi connectivity index (χ2v) is 3.42. The monoisotopic (exact) mass is 225 g/mol. The van der Waals surface area contributed by atoms with E-state index in [4.69, 9.17) is 16.5 Å². The molecule has 0 aliphatic rings. The standard InChI is InChI=1S/C12H16ClNO/c1-2-15-12(14-13)10-6-9-11-7-4-3-5-8-11/h3-5,7-8H,2,6,9-10H2,1H3/b14-12+. The van der Waals surface area contributed by atoms with Crippen molar-refractivity contribution in [2.45, 2.75) is 26.2 Å². The Balaban J connectivity index is 2.27. The maximum absolute atomic E-state index is 5.39. The number of rotatable bonds is 5. The van der Waals surface area contributed by atoms with Gasteiger partial charge in [0.25, 0.3) is 0 Å². The van der Waals surface area contributed by atoms with Crippen molar-refractivity contribution in [1.29, 1.82) is 0 Å². The molecule has 1 rings (SSSR count). The van der Waals surface area contributed by atoms with Crippen molar-refractivity contribution in [2.75, 3.05) is 6.61 Å². The van der Waals surface area contributed by atoms with Crippen LogP contribution in [0.25, 0.3) is 0 Å². The van der Waals surface area contributed by atoms with E-state index in [1.807, 2.05) is 13.0 Å². The van der Waals surface area contributed by atoms with E-state index in [0.29, 0.717) is 12.5 Å². The molecule has 0 heterocycles. The fourth-order valence-electron chi connectivity index (χ4n) is 1.39. The highest BCUT2D eigenvalue weighted by atomic mass is 35.5. The third-order valence-corrected chi connectivity index (χ3v) is 2.29. The zero-order valence-electron chi connectivity index (χ0n) is 8.95. The molecule has 0 radical (unpaired) electrons. The average Bonchev–Trinajstić information content (AvgIpc) is 2.29. The van der Waals surface area contributed by atoms with Crippen LogP contribution in [-0.4, -0.2) is 12.5 Å². The summed E-state index contributed by atoms with van der Waals surface area (Å²) < 4.78 is 8.82. The lowest BCUT2D eigenvalue weighted by molar-refractivity contribution is 0.317. The number of nitrogens with zero attached hydrogens (tertiary/aromatic N) is 1. The summed E-state index contributed by atoms with van der Waals surface area (Å²) in [6.07, 6.45) is 2.84.